The van der Waals surface area contributed by atoms with Crippen LogP contribution in [0.4, 0.5) is 5.69 Å². The van der Waals surface area contributed by atoms with Crippen molar-refractivity contribution < 1.29 is 33.9 Å². The summed E-state index contributed by atoms with van der Waals surface area (Å²) in [6.45, 7) is 6.59. The molecule has 0 aliphatic heterocycles. The van der Waals surface area contributed by atoms with E-state index in [9.17, 15) is 24.3 Å². The highest BCUT2D eigenvalue weighted by Crippen LogP contribution is 2.34. The fourth-order valence-corrected chi connectivity index (χ4v) is 2.50. The Morgan fingerprint density at radius 3 is 2.38 bits per heavy atom. The maximum absolute atomic E-state index is 12.3. The van der Waals surface area contributed by atoms with Gasteiger partial charge < -0.3 is 20.0 Å². The van der Waals surface area contributed by atoms with Crippen molar-refractivity contribution in [2.75, 3.05) is 12.4 Å². The Balaban J connectivity index is 2.53. The standard InChI is InChI=1S/C20H24N2O7/c1-6-14(23)17-12-8-7-11(21-15(24)10-16(25)28-5)9-13(12)22(18(17)26)29-19(27)20(2,3)4/h7-9,26H,6,10H2,1-5H3,(H,21,24). The molecule has 0 saturated heterocycles. The van der Waals surface area contributed by atoms with Gasteiger partial charge in [0.15, 0.2) is 5.78 Å². The predicted octanol–water partition coefficient (Wildman–Crippen LogP) is 2.44. The van der Waals surface area contributed by atoms with Crippen LogP contribution in [0.3, 0.4) is 0 Å². The number of methoxy groups -OCH3 is 1. The Hall–Kier alpha value is -3.36. The number of ketones is 1. The lowest BCUT2D eigenvalue weighted by atomic mass is 9.98. The number of Topliss-reactive ketones (excluding diaryl/α,β-unsaturated/α-hetero) is 1. The molecule has 156 valence electrons. The zero-order valence-electron chi connectivity index (χ0n) is 17.0. The molecule has 0 bridgehead atoms. The molecule has 29 heavy (non-hydrogen) atoms. The average Bonchev–Trinajstić information content (AvgIpc) is 2.91. The summed E-state index contributed by atoms with van der Waals surface area (Å²) in [5.41, 5.74) is -0.332. The molecule has 1 amide bonds. The van der Waals surface area contributed by atoms with E-state index in [0.29, 0.717) is 5.39 Å². The smallest absolute Gasteiger partial charge is 0.338 e. The molecule has 0 fully saturated rings. The van der Waals surface area contributed by atoms with Crippen molar-refractivity contribution in [2.45, 2.75) is 40.5 Å². The van der Waals surface area contributed by atoms with Crippen molar-refractivity contribution in [1.29, 1.82) is 0 Å². The molecule has 0 aliphatic carbocycles. The highest BCUT2D eigenvalue weighted by molar-refractivity contribution is 6.11. The Morgan fingerprint density at radius 1 is 1.17 bits per heavy atom. The first-order chi connectivity index (χ1) is 13.5. The summed E-state index contributed by atoms with van der Waals surface area (Å²) in [7, 11) is 1.17. The number of hydrogen-bond acceptors (Lipinski definition) is 7. The van der Waals surface area contributed by atoms with Crippen LogP contribution >= 0.6 is 0 Å². The number of rotatable bonds is 6. The van der Waals surface area contributed by atoms with Gasteiger partial charge in [0.05, 0.1) is 23.6 Å². The maximum Gasteiger partial charge on any atom is 0.338 e. The second-order valence-electron chi connectivity index (χ2n) is 7.43. The van der Waals surface area contributed by atoms with Gasteiger partial charge in [-0.2, -0.15) is 0 Å². The molecule has 2 N–H and O–H groups in total. The lowest BCUT2D eigenvalue weighted by Gasteiger charge is -2.17. The molecule has 2 rings (SSSR count). The normalized spacial score (nSPS) is 11.2. The lowest BCUT2D eigenvalue weighted by molar-refractivity contribution is -0.153. The Morgan fingerprint density at radius 2 is 1.83 bits per heavy atom. The fourth-order valence-electron chi connectivity index (χ4n) is 2.50. The summed E-state index contributed by atoms with van der Waals surface area (Å²) in [4.78, 5) is 53.2. The second kappa shape index (κ2) is 8.34. The van der Waals surface area contributed by atoms with Gasteiger partial charge in [-0.15, -0.1) is 4.73 Å². The van der Waals surface area contributed by atoms with E-state index in [2.05, 4.69) is 10.1 Å². The Kier molecular flexibility index (Phi) is 6.31. The highest BCUT2D eigenvalue weighted by Gasteiger charge is 2.29. The van der Waals surface area contributed by atoms with Crippen molar-refractivity contribution in [2.24, 2.45) is 5.41 Å². The van der Waals surface area contributed by atoms with Gasteiger partial charge in [0.2, 0.25) is 11.8 Å². The minimum absolute atomic E-state index is 0.0247. The minimum Gasteiger partial charge on any atom is -0.492 e. The van der Waals surface area contributed by atoms with E-state index in [0.717, 1.165) is 4.73 Å². The van der Waals surface area contributed by atoms with Crippen LogP contribution in [0.25, 0.3) is 10.9 Å². The lowest BCUT2D eigenvalue weighted by Crippen LogP contribution is -2.31. The number of amides is 1. The van der Waals surface area contributed by atoms with Gasteiger partial charge in [0.1, 0.15) is 6.42 Å². The van der Waals surface area contributed by atoms with Crippen LogP contribution in [-0.4, -0.2) is 40.6 Å². The van der Waals surface area contributed by atoms with Crippen LogP contribution in [-0.2, 0) is 19.1 Å². The number of nitrogens with one attached hydrogen (secondary N) is 1. The molecular weight excluding hydrogens is 380 g/mol. The molecule has 0 unspecified atom stereocenters. The SMILES string of the molecule is CCC(=O)c1c(O)n(OC(=O)C(C)(C)C)c2cc(NC(=O)CC(=O)OC)ccc12. The van der Waals surface area contributed by atoms with Crippen LogP contribution in [0.15, 0.2) is 18.2 Å². The van der Waals surface area contributed by atoms with E-state index >= 15 is 0 Å². The number of hydrogen-bond donors (Lipinski definition) is 2. The first-order valence-electron chi connectivity index (χ1n) is 8.99. The van der Waals surface area contributed by atoms with Gasteiger partial charge in [0.25, 0.3) is 0 Å². The Labute approximate surface area is 167 Å². The van der Waals surface area contributed by atoms with Crippen LogP contribution in [0.2, 0.25) is 0 Å². The van der Waals surface area contributed by atoms with Gasteiger partial charge in [0, 0.05) is 17.5 Å². The monoisotopic (exact) mass is 404 g/mol. The molecule has 9 heteroatoms. The fraction of sp³-hybridized carbons (Fsp3) is 0.400. The van der Waals surface area contributed by atoms with Gasteiger partial charge in [-0.25, -0.2) is 4.79 Å². The maximum atomic E-state index is 12.3. The molecule has 1 heterocycles. The molecular formula is C20H24N2O7. The largest absolute Gasteiger partial charge is 0.492 e. The number of ether oxygens (including phenoxy) is 1. The number of aromatic nitrogens is 1. The summed E-state index contributed by atoms with van der Waals surface area (Å²) >= 11 is 0. The molecule has 0 saturated carbocycles. The molecule has 0 radical (unpaired) electrons. The van der Waals surface area contributed by atoms with Crippen LogP contribution in [0.1, 0.15) is 50.9 Å². The third-order valence-electron chi connectivity index (χ3n) is 4.10. The predicted molar refractivity (Wildman–Crippen MR) is 105 cm³/mol. The Bertz CT molecular complexity index is 983. The molecule has 1 aromatic carbocycles. The number of anilines is 1. The van der Waals surface area contributed by atoms with E-state index in [4.69, 9.17) is 4.84 Å². The molecule has 2 aromatic rings. The summed E-state index contributed by atoms with van der Waals surface area (Å²) in [5, 5.41) is 13.5. The molecule has 1 aromatic heterocycles. The minimum atomic E-state index is -0.857. The third kappa shape index (κ3) is 4.74. The quantitative estimate of drug-likeness (QED) is 0.430. The van der Waals surface area contributed by atoms with E-state index in [1.807, 2.05) is 0 Å². The second-order valence-corrected chi connectivity index (χ2v) is 7.43. The highest BCUT2D eigenvalue weighted by atomic mass is 16.7. The first-order valence-corrected chi connectivity index (χ1v) is 8.99. The number of carbonyl (C=O) groups excluding carboxylic acids is 4. The van der Waals surface area contributed by atoms with E-state index < -0.39 is 35.6 Å². The topological polar surface area (TPSA) is 124 Å². The van der Waals surface area contributed by atoms with E-state index in [1.165, 1.54) is 25.3 Å². The zero-order chi connectivity index (χ0) is 21.9. The van der Waals surface area contributed by atoms with Crippen molar-refractivity contribution >= 4 is 40.2 Å². The molecule has 0 aliphatic rings. The third-order valence-corrected chi connectivity index (χ3v) is 4.10. The number of carbonyl (C=O) groups is 4. The number of fused-ring (bicyclic) bond motifs is 1. The van der Waals surface area contributed by atoms with Crippen LogP contribution < -0.4 is 10.2 Å². The van der Waals surface area contributed by atoms with E-state index in [1.54, 1.807) is 27.7 Å². The van der Waals surface area contributed by atoms with Gasteiger partial charge in [-0.3, -0.25) is 14.4 Å². The molecule has 0 atom stereocenters. The number of esters is 1. The van der Waals surface area contributed by atoms with Gasteiger partial charge >= 0.3 is 11.9 Å². The first kappa shape index (κ1) is 21.9. The van der Waals surface area contributed by atoms with Crippen molar-refractivity contribution in [3.05, 3.63) is 23.8 Å². The van der Waals surface area contributed by atoms with E-state index in [-0.39, 0.29) is 29.0 Å². The van der Waals surface area contributed by atoms with Gasteiger partial charge in [-0.05, 0) is 39.0 Å². The van der Waals surface area contributed by atoms with Gasteiger partial charge in [-0.1, -0.05) is 6.92 Å². The summed E-state index contributed by atoms with van der Waals surface area (Å²) in [6.07, 6.45) is -0.336. The molecule has 9 nitrogen and oxygen atoms in total. The summed E-state index contributed by atoms with van der Waals surface area (Å²) < 4.78 is 5.33. The zero-order valence-corrected chi connectivity index (χ0v) is 17.0. The van der Waals surface area contributed by atoms with Crippen molar-refractivity contribution in [1.82, 2.24) is 4.73 Å². The number of aromatic hydroxyl groups is 1. The summed E-state index contributed by atoms with van der Waals surface area (Å²) in [5.74, 6) is -2.75. The molecule has 0 spiro atoms. The van der Waals surface area contributed by atoms with Crippen LogP contribution in [0, 0.1) is 5.41 Å². The average molecular weight is 404 g/mol. The van der Waals surface area contributed by atoms with Crippen LogP contribution in [0.5, 0.6) is 5.88 Å². The van der Waals surface area contributed by atoms with Crippen molar-refractivity contribution in [3.8, 4) is 5.88 Å². The number of nitrogens with zero attached hydrogens (tertiary/aromatic N) is 1. The van der Waals surface area contributed by atoms with Crippen molar-refractivity contribution in [3.63, 3.8) is 0 Å². The summed E-state index contributed by atoms with van der Waals surface area (Å²) in [6, 6.07) is 4.47. The number of benzene rings is 1.